The summed E-state index contributed by atoms with van der Waals surface area (Å²) in [5.41, 5.74) is 5.41. The molecule has 1 fully saturated rings. The number of benzene rings is 1. The minimum atomic E-state index is 0.341. The Labute approximate surface area is 334 Å². The van der Waals surface area contributed by atoms with Gasteiger partial charge in [0.05, 0.1) is 0 Å². The molecule has 5 rings (SSSR count). The van der Waals surface area contributed by atoms with Crippen LogP contribution in [0.1, 0.15) is 189 Å². The summed E-state index contributed by atoms with van der Waals surface area (Å²) in [5.74, 6) is 3.02. The van der Waals surface area contributed by atoms with Crippen LogP contribution in [0.3, 0.4) is 0 Å². The summed E-state index contributed by atoms with van der Waals surface area (Å²) in [7, 11) is 0. The molecule has 1 aromatic carbocycles. The predicted octanol–water partition coefficient (Wildman–Crippen LogP) is 16.7. The summed E-state index contributed by atoms with van der Waals surface area (Å²) >= 11 is 1.83. The molecule has 0 amide bonds. The van der Waals surface area contributed by atoms with Crippen LogP contribution in [-0.4, -0.2) is 9.55 Å². The smallest absolute Gasteiger partial charge is 0.0428 e. The lowest BCUT2D eigenvalue weighted by atomic mass is 9.79. The summed E-state index contributed by atoms with van der Waals surface area (Å²) in [6.07, 6.45) is 13.2. The average Bonchev–Trinajstić information content (AvgIpc) is 3.91. The Kier molecular flexibility index (Phi) is 24.2. The largest absolute Gasteiger partial charge is 0.352 e. The first-order chi connectivity index (χ1) is 24.5. The molecule has 53 heavy (non-hydrogen) atoms. The second kappa shape index (κ2) is 25.4. The van der Waals surface area contributed by atoms with Crippen LogP contribution in [0.25, 0.3) is 0 Å². The molecule has 0 radical (unpaired) electrons. The van der Waals surface area contributed by atoms with Gasteiger partial charge in [0.25, 0.3) is 0 Å². The quantitative estimate of drug-likeness (QED) is 0.199. The van der Waals surface area contributed by atoms with E-state index in [1.807, 2.05) is 47.9 Å². The Balaban J connectivity index is 0.000000613. The normalized spacial score (nSPS) is 13.1. The summed E-state index contributed by atoms with van der Waals surface area (Å²) in [4.78, 5) is 5.64. The molecular weight excluding hydrogens is 661 g/mol. The zero-order valence-electron chi connectivity index (χ0n) is 37.9. The fraction of sp³-hybridized carbons (Fsp3) is 0.620. The molecule has 0 saturated heterocycles. The Bertz CT molecular complexity index is 1390. The van der Waals surface area contributed by atoms with Crippen molar-refractivity contribution in [2.75, 3.05) is 0 Å². The molecule has 1 saturated carbocycles. The van der Waals surface area contributed by atoms with E-state index < -0.39 is 0 Å². The highest BCUT2D eigenvalue weighted by Crippen LogP contribution is 2.38. The minimum Gasteiger partial charge on any atom is -0.352 e. The van der Waals surface area contributed by atoms with Gasteiger partial charge in [-0.3, -0.25) is 4.98 Å². The fourth-order valence-corrected chi connectivity index (χ4v) is 6.16. The predicted molar refractivity (Wildman–Crippen MR) is 242 cm³/mol. The Morgan fingerprint density at radius 2 is 1.30 bits per heavy atom. The van der Waals surface area contributed by atoms with E-state index in [2.05, 4.69) is 188 Å². The van der Waals surface area contributed by atoms with E-state index in [1.165, 1.54) is 48.1 Å². The molecule has 0 spiro atoms. The molecule has 1 aliphatic carbocycles. The number of hydrogen-bond acceptors (Lipinski definition) is 2. The molecule has 4 aromatic rings. The summed E-state index contributed by atoms with van der Waals surface area (Å²) in [6, 6.07) is 23.6. The van der Waals surface area contributed by atoms with Gasteiger partial charge in [0.15, 0.2) is 0 Å². The zero-order valence-corrected chi connectivity index (χ0v) is 38.7. The van der Waals surface area contributed by atoms with Gasteiger partial charge in [0.2, 0.25) is 0 Å². The molecule has 3 aromatic heterocycles. The number of nitrogens with zero attached hydrogens (tertiary/aromatic N) is 2. The van der Waals surface area contributed by atoms with Crippen molar-refractivity contribution >= 4 is 11.3 Å². The van der Waals surface area contributed by atoms with Crippen molar-refractivity contribution < 1.29 is 0 Å². The van der Waals surface area contributed by atoms with E-state index in [-0.39, 0.29) is 0 Å². The highest BCUT2D eigenvalue weighted by Gasteiger charge is 2.26. The molecule has 3 heterocycles. The number of thiophene rings is 1. The van der Waals surface area contributed by atoms with Crippen molar-refractivity contribution in [3.05, 3.63) is 112 Å². The second-order valence-electron chi connectivity index (χ2n) is 18.8. The number of hydrogen-bond donors (Lipinski definition) is 0. The van der Waals surface area contributed by atoms with Crippen LogP contribution in [0.5, 0.6) is 0 Å². The lowest BCUT2D eigenvalue weighted by Gasteiger charge is -2.27. The van der Waals surface area contributed by atoms with Gasteiger partial charge in [-0.05, 0) is 115 Å². The van der Waals surface area contributed by atoms with Crippen LogP contribution in [0.2, 0.25) is 0 Å². The summed E-state index contributed by atoms with van der Waals surface area (Å²) in [5, 5.41) is 2.13. The highest BCUT2D eigenvalue weighted by molar-refractivity contribution is 7.10. The van der Waals surface area contributed by atoms with Gasteiger partial charge >= 0.3 is 0 Å². The van der Waals surface area contributed by atoms with Crippen LogP contribution in [0.15, 0.2) is 90.7 Å². The third-order valence-corrected chi connectivity index (χ3v) is 11.8. The molecular formula is C50H84N2S. The fourth-order valence-electron chi connectivity index (χ4n) is 5.34. The van der Waals surface area contributed by atoms with Gasteiger partial charge in [-0.25, -0.2) is 0 Å². The van der Waals surface area contributed by atoms with E-state index in [0.29, 0.717) is 34.1 Å². The van der Waals surface area contributed by atoms with Gasteiger partial charge in [-0.15, -0.1) is 11.3 Å². The topological polar surface area (TPSA) is 17.8 Å². The standard InChI is InChI=1S/C10H14.C9H18.C8H11N.C8H12S.C8H18.C7H11N/c1-8(2)10-6-4-5-9(3)7-10;1-9(2,3)8-6-4-5-7-8;1-7(2)8-5-3-4-6-9-8;1-8(2,3)7-5-4-6-9-7;1-6-8(4,5)7(2)3;1-7(2)8-5-3-4-6-8/h4-8H,1-3H3;8H,4-7H2,1-3H3;3-7H,1-2H3;4-6H,1-3H3;7H,6H2,1-5H3;3-7H,1-2H3. The van der Waals surface area contributed by atoms with E-state index in [9.17, 15) is 0 Å². The third kappa shape index (κ3) is 23.0. The molecule has 0 unspecified atom stereocenters. The van der Waals surface area contributed by atoms with Crippen LogP contribution >= 0.6 is 11.3 Å². The summed E-state index contributed by atoms with van der Waals surface area (Å²) < 4.78 is 2.17. The lowest BCUT2D eigenvalue weighted by Crippen LogP contribution is -2.17. The van der Waals surface area contributed by atoms with E-state index >= 15 is 0 Å². The Morgan fingerprint density at radius 3 is 1.55 bits per heavy atom. The molecule has 1 aliphatic rings. The number of aryl methyl sites for hydroxylation is 1. The number of aromatic nitrogens is 2. The number of rotatable bonds is 5. The molecule has 3 heteroatoms. The van der Waals surface area contributed by atoms with Crippen molar-refractivity contribution in [3.8, 4) is 0 Å². The van der Waals surface area contributed by atoms with Crippen LogP contribution in [-0.2, 0) is 5.41 Å². The average molecular weight is 745 g/mol. The van der Waals surface area contributed by atoms with Gasteiger partial charge in [0, 0.05) is 35.2 Å². The van der Waals surface area contributed by atoms with E-state index in [0.717, 1.165) is 17.5 Å². The monoisotopic (exact) mass is 745 g/mol. The van der Waals surface area contributed by atoms with Gasteiger partial charge in [-0.1, -0.05) is 165 Å². The maximum Gasteiger partial charge on any atom is 0.0428 e. The molecule has 0 N–H and O–H groups in total. The van der Waals surface area contributed by atoms with Crippen molar-refractivity contribution in [2.24, 2.45) is 22.7 Å². The first kappa shape index (κ1) is 50.4. The highest BCUT2D eigenvalue weighted by atomic mass is 32.1. The van der Waals surface area contributed by atoms with Gasteiger partial charge < -0.3 is 4.57 Å². The zero-order chi connectivity index (χ0) is 40.8. The van der Waals surface area contributed by atoms with Crippen LogP contribution < -0.4 is 0 Å². The molecule has 300 valence electrons. The summed E-state index contributed by atoms with van der Waals surface area (Å²) in [6.45, 7) is 40.4. The van der Waals surface area contributed by atoms with Gasteiger partial charge in [0.1, 0.15) is 0 Å². The second-order valence-corrected chi connectivity index (χ2v) is 19.7. The van der Waals surface area contributed by atoms with E-state index in [4.69, 9.17) is 0 Å². The Morgan fingerprint density at radius 1 is 0.717 bits per heavy atom. The lowest BCUT2D eigenvalue weighted by molar-refractivity contribution is 0.240. The Hall–Kier alpha value is -2.65. The first-order valence-corrected chi connectivity index (χ1v) is 21.5. The van der Waals surface area contributed by atoms with Crippen LogP contribution in [0, 0.1) is 29.6 Å². The van der Waals surface area contributed by atoms with Crippen molar-refractivity contribution in [1.29, 1.82) is 0 Å². The van der Waals surface area contributed by atoms with Gasteiger partial charge in [-0.2, -0.15) is 0 Å². The maximum atomic E-state index is 4.18. The van der Waals surface area contributed by atoms with Crippen molar-refractivity contribution in [3.63, 3.8) is 0 Å². The molecule has 0 aliphatic heterocycles. The van der Waals surface area contributed by atoms with E-state index in [1.54, 1.807) is 0 Å². The third-order valence-electron chi connectivity index (χ3n) is 10.5. The SMILES string of the molecule is CC(C)(C)C1CCCC1.CC(C)(C)c1cccs1.CC(C)c1ccccn1.CC(C)n1cccc1.CCC(C)(C)C(C)C.Cc1cccc(C(C)C)c1. The minimum absolute atomic E-state index is 0.341. The van der Waals surface area contributed by atoms with Crippen molar-refractivity contribution in [1.82, 2.24) is 9.55 Å². The maximum absolute atomic E-state index is 4.18. The van der Waals surface area contributed by atoms with Crippen molar-refractivity contribution in [2.45, 2.75) is 180 Å². The van der Waals surface area contributed by atoms with Crippen LogP contribution in [0.4, 0.5) is 0 Å². The number of pyridine rings is 1. The molecule has 0 atom stereocenters. The molecule has 0 bridgehead atoms. The molecule has 2 nitrogen and oxygen atoms in total. The first-order valence-electron chi connectivity index (χ1n) is 20.7.